The highest BCUT2D eigenvalue weighted by Gasteiger charge is 2.25. The summed E-state index contributed by atoms with van der Waals surface area (Å²) in [6.45, 7) is 3.47. The second-order valence-electron chi connectivity index (χ2n) is 7.83. The molecular formula is C24H22F2N5O4P. The van der Waals surface area contributed by atoms with Crippen molar-refractivity contribution in [2.24, 2.45) is 0 Å². The average molecular weight is 513 g/mol. The van der Waals surface area contributed by atoms with Gasteiger partial charge in [0.15, 0.2) is 0 Å². The summed E-state index contributed by atoms with van der Waals surface area (Å²) in [5, 5.41) is 7.02. The zero-order chi connectivity index (χ0) is 25.9. The average Bonchev–Trinajstić information content (AvgIpc) is 3.38. The number of aromatic amines is 1. The summed E-state index contributed by atoms with van der Waals surface area (Å²) in [6, 6.07) is 9.74. The Balaban J connectivity index is 1.69. The van der Waals surface area contributed by atoms with E-state index in [-0.39, 0.29) is 23.7 Å². The van der Waals surface area contributed by atoms with Crippen molar-refractivity contribution in [3.05, 3.63) is 106 Å². The van der Waals surface area contributed by atoms with Gasteiger partial charge in [-0.2, -0.15) is 5.10 Å². The van der Waals surface area contributed by atoms with Gasteiger partial charge in [-0.1, -0.05) is 18.2 Å². The van der Waals surface area contributed by atoms with E-state index in [9.17, 15) is 22.9 Å². The maximum atomic E-state index is 14.8. The van der Waals surface area contributed by atoms with E-state index < -0.39 is 36.5 Å². The number of nitrogens with one attached hydrogen (secondary N) is 2. The third-order valence-electron chi connectivity index (χ3n) is 5.37. The predicted molar refractivity (Wildman–Crippen MR) is 129 cm³/mol. The van der Waals surface area contributed by atoms with Crippen molar-refractivity contribution in [1.82, 2.24) is 25.1 Å². The normalized spacial score (nSPS) is 13.7. The lowest BCUT2D eigenvalue weighted by Crippen LogP contribution is -2.34. The van der Waals surface area contributed by atoms with Crippen molar-refractivity contribution < 1.29 is 22.7 Å². The monoisotopic (exact) mass is 513 g/mol. The molecule has 4 aromatic rings. The molecular weight excluding hydrogens is 491 g/mol. The Labute approximate surface area is 204 Å². The first kappa shape index (κ1) is 25.2. The summed E-state index contributed by atoms with van der Waals surface area (Å²) in [7, 11) is -3.06. The Kier molecular flexibility index (Phi) is 7.23. The summed E-state index contributed by atoms with van der Waals surface area (Å²) in [5.41, 5.74) is -0.666. The number of nitrogens with zero attached hydrogens (tertiary/aromatic N) is 3. The van der Waals surface area contributed by atoms with Crippen molar-refractivity contribution in [2.75, 3.05) is 13.3 Å². The summed E-state index contributed by atoms with van der Waals surface area (Å²) in [6.07, 6.45) is 4.15. The van der Waals surface area contributed by atoms with Gasteiger partial charge in [0, 0.05) is 42.2 Å². The fourth-order valence-corrected chi connectivity index (χ4v) is 4.93. The number of hydrogen-bond acceptors (Lipinski definition) is 6. The number of benzene rings is 2. The molecule has 0 aliphatic rings. The minimum atomic E-state index is -3.06. The van der Waals surface area contributed by atoms with Crippen molar-refractivity contribution in [2.45, 2.75) is 13.0 Å². The van der Waals surface area contributed by atoms with Gasteiger partial charge in [0.1, 0.15) is 17.2 Å². The number of hydrogen-bond donors (Lipinski definition) is 2. The molecule has 2 aromatic heterocycles. The van der Waals surface area contributed by atoms with Gasteiger partial charge >= 0.3 is 0 Å². The second kappa shape index (κ2) is 10.3. The molecule has 2 N–H and O–H groups in total. The van der Waals surface area contributed by atoms with Gasteiger partial charge in [0.05, 0.1) is 12.6 Å². The lowest BCUT2D eigenvalue weighted by atomic mass is 9.97. The Hall–Kier alpha value is -3.95. The fraction of sp³-hybridized carbons (Fsp3) is 0.167. The molecule has 2 heterocycles. The first-order valence-corrected chi connectivity index (χ1v) is 12.9. The zero-order valence-corrected chi connectivity index (χ0v) is 20.2. The minimum Gasteiger partial charge on any atom is -0.341 e. The Morgan fingerprint density at radius 1 is 1.22 bits per heavy atom. The van der Waals surface area contributed by atoms with Crippen LogP contribution >= 0.6 is 7.37 Å². The molecule has 4 rings (SSSR count). The molecule has 0 aliphatic carbocycles. The fourth-order valence-electron chi connectivity index (χ4n) is 3.60. The van der Waals surface area contributed by atoms with Crippen LogP contribution < -0.4 is 16.2 Å². The first-order chi connectivity index (χ1) is 17.2. The van der Waals surface area contributed by atoms with Crippen molar-refractivity contribution >= 4 is 18.6 Å². The molecule has 0 aliphatic heterocycles. The Bertz CT molecular complexity index is 1490. The van der Waals surface area contributed by atoms with Crippen LogP contribution in [0.5, 0.6) is 0 Å². The number of H-pyrrole nitrogens is 1. The number of aromatic nitrogens is 4. The van der Waals surface area contributed by atoms with Crippen molar-refractivity contribution in [3.8, 4) is 5.95 Å². The smallest absolute Gasteiger partial charge is 0.265 e. The van der Waals surface area contributed by atoms with E-state index in [1.807, 2.05) is 0 Å². The minimum absolute atomic E-state index is 0.0282. The largest absolute Gasteiger partial charge is 0.341 e. The molecule has 1 amide bonds. The quantitative estimate of drug-likeness (QED) is 0.349. The maximum Gasteiger partial charge on any atom is 0.265 e. The van der Waals surface area contributed by atoms with Gasteiger partial charge in [0.2, 0.25) is 13.3 Å². The Morgan fingerprint density at radius 3 is 2.58 bits per heavy atom. The number of amides is 1. The van der Waals surface area contributed by atoms with Crippen LogP contribution in [0.3, 0.4) is 0 Å². The van der Waals surface area contributed by atoms with Crippen LogP contribution in [0.15, 0.2) is 71.9 Å². The van der Waals surface area contributed by atoms with E-state index in [1.165, 1.54) is 23.6 Å². The number of halogens is 2. The molecule has 0 fully saturated rings. The van der Waals surface area contributed by atoms with Gasteiger partial charge in [-0.05, 0) is 36.8 Å². The molecule has 2 aromatic carbocycles. The number of carbonyl (C=O) groups is 1. The molecule has 2 atom stereocenters. The van der Waals surface area contributed by atoms with E-state index in [1.54, 1.807) is 43.5 Å². The van der Waals surface area contributed by atoms with E-state index in [0.717, 1.165) is 12.3 Å². The number of carbonyl (C=O) groups excluding carboxylic acids is 1. The van der Waals surface area contributed by atoms with Crippen LogP contribution in [-0.2, 0) is 9.09 Å². The lowest BCUT2D eigenvalue weighted by Gasteiger charge is -2.21. The molecule has 0 saturated heterocycles. The third-order valence-corrected chi connectivity index (χ3v) is 7.36. The molecule has 0 saturated carbocycles. The molecule has 36 heavy (non-hydrogen) atoms. The van der Waals surface area contributed by atoms with E-state index in [0.29, 0.717) is 16.9 Å². The van der Waals surface area contributed by atoms with E-state index >= 15 is 0 Å². The van der Waals surface area contributed by atoms with Gasteiger partial charge in [-0.15, -0.1) is 0 Å². The SMILES string of the molecule is CCOP(C)(=O)c1ccc([C@H](NC(=O)c2cnc(-n3cccn3)[nH]c2=O)c2ccc(F)cc2F)cc1. The molecule has 0 spiro atoms. The van der Waals surface area contributed by atoms with Crippen LogP contribution in [0.25, 0.3) is 5.95 Å². The van der Waals surface area contributed by atoms with Gasteiger partial charge < -0.3 is 9.84 Å². The van der Waals surface area contributed by atoms with Crippen LogP contribution in [0, 0.1) is 11.6 Å². The molecule has 0 bridgehead atoms. The standard InChI is InChI=1S/C24H22F2N5O4P/c1-3-35-36(2,34)17-8-5-15(6-9-17)21(18-10-7-16(25)13-20(18)26)29-22(32)19-14-27-24(30-23(19)33)31-12-4-11-28-31/h4-14,21H,3H2,1-2H3,(H,29,32)(H,27,30,33)/t21-,36?/m0/s1. The topological polar surface area (TPSA) is 119 Å². The summed E-state index contributed by atoms with van der Waals surface area (Å²) in [5.74, 6) is -2.39. The van der Waals surface area contributed by atoms with Crippen molar-refractivity contribution in [1.29, 1.82) is 0 Å². The third kappa shape index (κ3) is 5.32. The summed E-state index contributed by atoms with van der Waals surface area (Å²) >= 11 is 0. The Morgan fingerprint density at radius 2 is 1.97 bits per heavy atom. The second-order valence-corrected chi connectivity index (χ2v) is 10.3. The molecule has 9 nitrogen and oxygen atoms in total. The van der Waals surface area contributed by atoms with Gasteiger partial charge in [0.25, 0.3) is 11.5 Å². The number of rotatable bonds is 8. The lowest BCUT2D eigenvalue weighted by molar-refractivity contribution is 0.0940. The molecule has 186 valence electrons. The van der Waals surface area contributed by atoms with Crippen molar-refractivity contribution in [3.63, 3.8) is 0 Å². The highest BCUT2D eigenvalue weighted by atomic mass is 31.2. The predicted octanol–water partition coefficient (Wildman–Crippen LogP) is 3.32. The van der Waals surface area contributed by atoms with E-state index in [4.69, 9.17) is 4.52 Å². The molecule has 0 radical (unpaired) electrons. The van der Waals surface area contributed by atoms with Gasteiger partial charge in [-0.3, -0.25) is 19.1 Å². The van der Waals surface area contributed by atoms with Crippen LogP contribution in [0.4, 0.5) is 8.78 Å². The van der Waals surface area contributed by atoms with Crippen LogP contribution in [0.1, 0.15) is 34.5 Å². The molecule has 1 unspecified atom stereocenters. The van der Waals surface area contributed by atoms with Crippen LogP contribution in [0.2, 0.25) is 0 Å². The highest BCUT2D eigenvalue weighted by molar-refractivity contribution is 7.66. The maximum absolute atomic E-state index is 14.8. The summed E-state index contributed by atoms with van der Waals surface area (Å²) < 4.78 is 47.7. The zero-order valence-electron chi connectivity index (χ0n) is 19.3. The first-order valence-electron chi connectivity index (χ1n) is 10.9. The highest BCUT2D eigenvalue weighted by Crippen LogP contribution is 2.41. The summed E-state index contributed by atoms with van der Waals surface area (Å²) in [4.78, 5) is 32.2. The van der Waals surface area contributed by atoms with Gasteiger partial charge in [-0.25, -0.2) is 18.4 Å². The van der Waals surface area contributed by atoms with E-state index in [2.05, 4.69) is 20.4 Å². The van der Waals surface area contributed by atoms with Crippen LogP contribution in [-0.4, -0.2) is 38.9 Å². The molecule has 12 heteroatoms.